The summed E-state index contributed by atoms with van der Waals surface area (Å²) in [5.74, 6) is -1.20. The molecule has 1 aromatic carbocycles. The van der Waals surface area contributed by atoms with Crippen molar-refractivity contribution >= 4 is 11.9 Å². The minimum absolute atomic E-state index is 0.226. The molecule has 0 spiro atoms. The van der Waals surface area contributed by atoms with E-state index in [4.69, 9.17) is 15.6 Å². The van der Waals surface area contributed by atoms with Gasteiger partial charge in [-0.3, -0.25) is 9.59 Å². The molecule has 110 valence electrons. The van der Waals surface area contributed by atoms with Crippen LogP contribution in [0.5, 0.6) is 0 Å². The highest BCUT2D eigenvalue weighted by molar-refractivity contribution is 5.72. The molecular weight excluding hydrogens is 258 g/mol. The zero-order valence-corrected chi connectivity index (χ0v) is 11.5. The van der Waals surface area contributed by atoms with Crippen LogP contribution < -0.4 is 5.73 Å². The molecule has 1 aromatic rings. The molecule has 0 saturated heterocycles. The quantitative estimate of drug-likeness (QED) is 0.533. The molecule has 0 fully saturated rings. The number of carboxylic acid groups (broad SMARTS) is 1. The summed E-state index contributed by atoms with van der Waals surface area (Å²) in [7, 11) is 0. The van der Waals surface area contributed by atoms with Crippen LogP contribution >= 0.6 is 0 Å². The number of nitrogens with two attached hydrogens (primary N) is 1. The number of hydrogen-bond donors (Lipinski definition) is 2. The second-order valence-corrected chi connectivity index (χ2v) is 4.69. The first-order valence-corrected chi connectivity index (χ1v) is 6.77. The number of aliphatic carboxylic acids is 1. The average Bonchev–Trinajstić information content (AvgIpc) is 2.45. The van der Waals surface area contributed by atoms with Crippen LogP contribution in [0.3, 0.4) is 0 Å². The summed E-state index contributed by atoms with van der Waals surface area (Å²) >= 11 is 0. The van der Waals surface area contributed by atoms with Gasteiger partial charge in [-0.05, 0) is 18.4 Å². The lowest BCUT2D eigenvalue weighted by Crippen LogP contribution is -2.29. The van der Waals surface area contributed by atoms with Gasteiger partial charge in [0.15, 0.2) is 0 Å². The van der Waals surface area contributed by atoms with Gasteiger partial charge < -0.3 is 15.6 Å². The molecular formula is C15H21NO4. The molecule has 3 N–H and O–H groups in total. The Labute approximate surface area is 118 Å². The van der Waals surface area contributed by atoms with Gasteiger partial charge >= 0.3 is 11.9 Å². The van der Waals surface area contributed by atoms with Crippen LogP contribution in [0, 0.1) is 0 Å². The molecule has 20 heavy (non-hydrogen) atoms. The third kappa shape index (κ3) is 6.89. The van der Waals surface area contributed by atoms with Gasteiger partial charge in [0, 0.05) is 6.42 Å². The van der Waals surface area contributed by atoms with Crippen molar-refractivity contribution in [3.05, 3.63) is 35.9 Å². The van der Waals surface area contributed by atoms with Crippen molar-refractivity contribution in [2.75, 3.05) is 0 Å². The number of rotatable bonds is 9. The summed E-state index contributed by atoms with van der Waals surface area (Å²) in [6.45, 7) is 0.295. The van der Waals surface area contributed by atoms with Gasteiger partial charge in [-0.25, -0.2) is 0 Å². The van der Waals surface area contributed by atoms with Crippen molar-refractivity contribution in [1.82, 2.24) is 0 Å². The van der Waals surface area contributed by atoms with Gasteiger partial charge in [-0.15, -0.1) is 0 Å². The molecule has 0 radical (unpaired) electrons. The Hall–Kier alpha value is -1.88. The molecule has 5 nitrogen and oxygen atoms in total. The van der Waals surface area contributed by atoms with E-state index < -0.39 is 12.0 Å². The average molecular weight is 279 g/mol. The van der Waals surface area contributed by atoms with E-state index >= 15 is 0 Å². The Morgan fingerprint density at radius 1 is 1.15 bits per heavy atom. The fourth-order valence-electron chi connectivity index (χ4n) is 1.74. The maximum atomic E-state index is 11.5. The van der Waals surface area contributed by atoms with Crippen LogP contribution in [0.15, 0.2) is 30.3 Å². The van der Waals surface area contributed by atoms with Crippen molar-refractivity contribution in [2.45, 2.75) is 44.8 Å². The number of unbranched alkanes of at least 4 members (excludes halogenated alkanes) is 2. The molecule has 0 aromatic heterocycles. The van der Waals surface area contributed by atoms with Gasteiger partial charge in [0.05, 0.1) is 0 Å². The number of hydrogen-bond acceptors (Lipinski definition) is 4. The summed E-state index contributed by atoms with van der Waals surface area (Å²) < 4.78 is 5.14. The number of esters is 1. The predicted molar refractivity (Wildman–Crippen MR) is 74.9 cm³/mol. The fraction of sp³-hybridized carbons (Fsp3) is 0.467. The predicted octanol–water partition coefficient (Wildman–Crippen LogP) is 2.09. The highest BCUT2D eigenvalue weighted by atomic mass is 16.5. The normalized spacial score (nSPS) is 11.8. The van der Waals surface area contributed by atoms with E-state index in [1.807, 2.05) is 30.3 Å². The number of carbonyl (C=O) groups excluding carboxylic acids is 1. The Balaban J connectivity index is 2.05. The summed E-state index contributed by atoms with van der Waals surface area (Å²) in [6.07, 6.45) is 2.98. The minimum Gasteiger partial charge on any atom is -0.480 e. The number of carbonyl (C=O) groups is 2. The number of carboxylic acids is 1. The lowest BCUT2D eigenvalue weighted by Gasteiger charge is -2.06. The van der Waals surface area contributed by atoms with E-state index in [1.165, 1.54) is 0 Å². The summed E-state index contributed by atoms with van der Waals surface area (Å²) in [6, 6.07) is 8.71. The highest BCUT2D eigenvalue weighted by Gasteiger charge is 2.10. The van der Waals surface area contributed by atoms with Crippen molar-refractivity contribution in [1.29, 1.82) is 0 Å². The Bertz CT molecular complexity index is 419. The smallest absolute Gasteiger partial charge is 0.320 e. The Morgan fingerprint density at radius 2 is 1.85 bits per heavy atom. The Morgan fingerprint density at radius 3 is 2.50 bits per heavy atom. The molecule has 0 amide bonds. The summed E-state index contributed by atoms with van der Waals surface area (Å²) in [5, 5.41) is 8.61. The van der Waals surface area contributed by atoms with Crippen molar-refractivity contribution in [2.24, 2.45) is 5.73 Å². The van der Waals surface area contributed by atoms with Gasteiger partial charge in [0.2, 0.25) is 0 Å². The zero-order valence-electron chi connectivity index (χ0n) is 11.5. The molecule has 0 heterocycles. The maximum Gasteiger partial charge on any atom is 0.320 e. The van der Waals surface area contributed by atoms with E-state index in [9.17, 15) is 9.59 Å². The van der Waals surface area contributed by atoms with Crippen molar-refractivity contribution in [3.63, 3.8) is 0 Å². The van der Waals surface area contributed by atoms with Gasteiger partial charge in [0.1, 0.15) is 12.6 Å². The first-order chi connectivity index (χ1) is 9.59. The van der Waals surface area contributed by atoms with E-state index in [1.54, 1.807) is 0 Å². The second-order valence-electron chi connectivity index (χ2n) is 4.69. The SMILES string of the molecule is NC(CCCCCC(=O)OCc1ccccc1)C(=O)O. The van der Waals surface area contributed by atoms with Crippen molar-refractivity contribution < 1.29 is 19.4 Å². The molecule has 1 unspecified atom stereocenters. The maximum absolute atomic E-state index is 11.5. The Kier molecular flexibility index (Phi) is 7.35. The lowest BCUT2D eigenvalue weighted by atomic mass is 10.1. The number of ether oxygens (including phenoxy) is 1. The van der Waals surface area contributed by atoms with Gasteiger partial charge in [-0.1, -0.05) is 43.2 Å². The van der Waals surface area contributed by atoms with Gasteiger partial charge in [0.25, 0.3) is 0 Å². The monoisotopic (exact) mass is 279 g/mol. The van der Waals surface area contributed by atoms with Crippen LogP contribution in [0.1, 0.15) is 37.7 Å². The van der Waals surface area contributed by atoms with Crippen LogP contribution in [-0.4, -0.2) is 23.1 Å². The summed E-state index contributed by atoms with van der Waals surface area (Å²) in [5.41, 5.74) is 6.35. The van der Waals surface area contributed by atoms with Crippen LogP contribution in [0.2, 0.25) is 0 Å². The van der Waals surface area contributed by atoms with Crippen molar-refractivity contribution in [3.8, 4) is 0 Å². The van der Waals surface area contributed by atoms with Gasteiger partial charge in [-0.2, -0.15) is 0 Å². The highest BCUT2D eigenvalue weighted by Crippen LogP contribution is 2.07. The molecule has 0 bridgehead atoms. The molecule has 1 atom stereocenters. The van der Waals surface area contributed by atoms with E-state index in [0.717, 1.165) is 12.0 Å². The molecule has 0 saturated carbocycles. The molecule has 1 rings (SSSR count). The molecule has 0 aliphatic carbocycles. The third-order valence-electron chi connectivity index (χ3n) is 2.96. The topological polar surface area (TPSA) is 89.6 Å². The van der Waals surface area contributed by atoms with Crippen LogP contribution in [-0.2, 0) is 20.9 Å². The largest absolute Gasteiger partial charge is 0.480 e. The summed E-state index contributed by atoms with van der Waals surface area (Å²) in [4.78, 5) is 22.0. The van der Waals surface area contributed by atoms with Crippen LogP contribution in [0.25, 0.3) is 0 Å². The van der Waals surface area contributed by atoms with E-state index in [0.29, 0.717) is 32.3 Å². The third-order valence-corrected chi connectivity index (χ3v) is 2.96. The van der Waals surface area contributed by atoms with Crippen LogP contribution in [0.4, 0.5) is 0 Å². The molecule has 0 aliphatic rings. The standard InChI is InChI=1S/C15H21NO4/c16-13(15(18)19)9-5-2-6-10-14(17)20-11-12-7-3-1-4-8-12/h1,3-4,7-8,13H,2,5-6,9-11,16H2,(H,18,19). The van der Waals surface area contributed by atoms with E-state index in [-0.39, 0.29) is 5.97 Å². The fourth-order valence-corrected chi connectivity index (χ4v) is 1.74. The molecule has 0 aliphatic heterocycles. The van der Waals surface area contributed by atoms with E-state index in [2.05, 4.69) is 0 Å². The molecule has 5 heteroatoms. The first-order valence-electron chi connectivity index (χ1n) is 6.77. The first kappa shape index (κ1) is 16.2. The number of benzene rings is 1. The second kappa shape index (κ2) is 9.09. The zero-order chi connectivity index (χ0) is 14.8. The lowest BCUT2D eigenvalue weighted by molar-refractivity contribution is -0.145. The minimum atomic E-state index is -0.979.